The van der Waals surface area contributed by atoms with E-state index in [0.29, 0.717) is 37.3 Å². The minimum absolute atomic E-state index is 0.170. The summed E-state index contributed by atoms with van der Waals surface area (Å²) in [6.07, 6.45) is 1.34. The number of hydrogen-bond acceptors (Lipinski definition) is 6. The minimum Gasteiger partial charge on any atom is -0.350 e. The topological polar surface area (TPSA) is 103 Å². The first-order valence-corrected chi connectivity index (χ1v) is 12.9. The van der Waals surface area contributed by atoms with E-state index in [0.717, 1.165) is 15.2 Å². The summed E-state index contributed by atoms with van der Waals surface area (Å²) in [5.41, 5.74) is 2.58. The number of nitrogens with zero attached hydrogens (tertiary/aromatic N) is 2. The molecular weight excluding hydrogens is 462 g/mol. The SMILES string of the molecule is C=C(CN(C)C)C(=O)NC[C@H](C)NC(=O)[C@H](Cc1nc2ccc(C(C)C)cc2s1)NC(=O)CCC. The highest BCUT2D eigenvalue weighted by atomic mass is 32.1. The van der Waals surface area contributed by atoms with Crippen molar-refractivity contribution in [2.45, 2.75) is 65.0 Å². The van der Waals surface area contributed by atoms with E-state index in [1.807, 2.05) is 38.9 Å². The number of likely N-dealkylation sites (N-methyl/N-ethyl adjacent to an activating group) is 1. The first-order valence-electron chi connectivity index (χ1n) is 12.1. The lowest BCUT2D eigenvalue weighted by atomic mass is 10.0. The molecule has 0 saturated carbocycles. The van der Waals surface area contributed by atoms with E-state index in [4.69, 9.17) is 0 Å². The van der Waals surface area contributed by atoms with Crippen LogP contribution in [0.4, 0.5) is 0 Å². The maximum atomic E-state index is 13.1. The Bertz CT molecular complexity index is 1050. The van der Waals surface area contributed by atoms with Crippen LogP contribution in [0.2, 0.25) is 0 Å². The molecule has 8 nitrogen and oxygen atoms in total. The number of nitrogens with one attached hydrogen (secondary N) is 3. The molecule has 0 fully saturated rings. The second-order valence-corrected chi connectivity index (χ2v) is 10.6. The molecule has 0 bridgehead atoms. The molecule has 35 heavy (non-hydrogen) atoms. The standard InChI is InChI=1S/C26H39N5O3S/c1-8-9-23(32)29-21(13-24-30-20-11-10-19(16(2)3)12-22(20)35-24)26(34)28-18(5)14-27-25(33)17(4)15-31(6)7/h10-12,16,18,21H,4,8-9,13-15H2,1-3,5-7H3,(H,27,33)(H,28,34)(H,29,32)/t18-,21-/m0/s1. The number of hydrogen-bond donors (Lipinski definition) is 3. The number of carbonyl (C=O) groups excluding carboxylic acids is 3. The van der Waals surface area contributed by atoms with E-state index >= 15 is 0 Å². The molecule has 1 aromatic heterocycles. The lowest BCUT2D eigenvalue weighted by Gasteiger charge is -2.21. The van der Waals surface area contributed by atoms with Crippen molar-refractivity contribution in [1.29, 1.82) is 0 Å². The Balaban J connectivity index is 2.07. The predicted molar refractivity (Wildman–Crippen MR) is 143 cm³/mol. The smallest absolute Gasteiger partial charge is 0.247 e. The summed E-state index contributed by atoms with van der Waals surface area (Å²) in [4.78, 5) is 44.2. The number of fused-ring (bicyclic) bond motifs is 1. The van der Waals surface area contributed by atoms with Gasteiger partial charge in [0.15, 0.2) is 0 Å². The molecule has 9 heteroatoms. The molecule has 3 N–H and O–H groups in total. The monoisotopic (exact) mass is 501 g/mol. The van der Waals surface area contributed by atoms with Gasteiger partial charge in [0.1, 0.15) is 6.04 Å². The molecule has 0 saturated heterocycles. The summed E-state index contributed by atoms with van der Waals surface area (Å²) in [5, 5.41) is 9.36. The third-order valence-corrected chi connectivity index (χ3v) is 6.46. The molecule has 0 aliphatic heterocycles. The fourth-order valence-corrected chi connectivity index (χ4v) is 4.59. The lowest BCUT2D eigenvalue weighted by Crippen LogP contribution is -2.52. The van der Waals surface area contributed by atoms with E-state index in [-0.39, 0.29) is 30.3 Å². The normalized spacial score (nSPS) is 13.0. The summed E-state index contributed by atoms with van der Waals surface area (Å²) in [5.74, 6) is -0.302. The molecule has 1 heterocycles. The maximum absolute atomic E-state index is 13.1. The third kappa shape index (κ3) is 9.07. The van der Waals surface area contributed by atoms with Crippen LogP contribution in [0.5, 0.6) is 0 Å². The summed E-state index contributed by atoms with van der Waals surface area (Å²) in [6, 6.07) is 5.15. The van der Waals surface area contributed by atoms with Crippen LogP contribution in [-0.2, 0) is 20.8 Å². The number of benzene rings is 1. The van der Waals surface area contributed by atoms with Gasteiger partial charge in [-0.1, -0.05) is 33.4 Å². The van der Waals surface area contributed by atoms with Crippen LogP contribution in [0.15, 0.2) is 30.4 Å². The zero-order valence-electron chi connectivity index (χ0n) is 21.7. The van der Waals surface area contributed by atoms with E-state index in [1.54, 1.807) is 11.3 Å². The van der Waals surface area contributed by atoms with Gasteiger partial charge in [-0.25, -0.2) is 4.98 Å². The quantitative estimate of drug-likeness (QED) is 0.366. The number of aromatic nitrogens is 1. The summed E-state index contributed by atoms with van der Waals surface area (Å²) in [7, 11) is 3.73. The van der Waals surface area contributed by atoms with Gasteiger partial charge in [0.05, 0.1) is 15.2 Å². The van der Waals surface area contributed by atoms with Crippen LogP contribution in [0.1, 0.15) is 57.0 Å². The highest BCUT2D eigenvalue weighted by Crippen LogP contribution is 2.27. The zero-order chi connectivity index (χ0) is 26.1. The van der Waals surface area contributed by atoms with Crippen LogP contribution in [0, 0.1) is 0 Å². The second-order valence-electron chi connectivity index (χ2n) is 9.52. The van der Waals surface area contributed by atoms with Crippen LogP contribution in [0.25, 0.3) is 10.2 Å². The zero-order valence-corrected chi connectivity index (χ0v) is 22.6. The summed E-state index contributed by atoms with van der Waals surface area (Å²) in [6.45, 7) is 12.5. The van der Waals surface area contributed by atoms with Crippen LogP contribution in [0.3, 0.4) is 0 Å². The lowest BCUT2D eigenvalue weighted by molar-refractivity contribution is -0.129. The Kier molecular flexibility index (Phi) is 10.9. The molecular formula is C26H39N5O3S. The van der Waals surface area contributed by atoms with Gasteiger partial charge in [-0.15, -0.1) is 11.3 Å². The molecule has 3 amide bonds. The Hall–Kier alpha value is -2.78. The largest absolute Gasteiger partial charge is 0.350 e. The van der Waals surface area contributed by atoms with Crippen molar-refractivity contribution in [2.24, 2.45) is 0 Å². The number of carbonyl (C=O) groups is 3. The maximum Gasteiger partial charge on any atom is 0.247 e. The van der Waals surface area contributed by atoms with E-state index < -0.39 is 6.04 Å². The molecule has 192 valence electrons. The van der Waals surface area contributed by atoms with Gasteiger partial charge < -0.3 is 20.9 Å². The Labute approximate surface area is 212 Å². The molecule has 1 aromatic carbocycles. The van der Waals surface area contributed by atoms with Gasteiger partial charge in [0, 0.05) is 37.5 Å². The third-order valence-electron chi connectivity index (χ3n) is 5.42. The van der Waals surface area contributed by atoms with Crippen molar-refractivity contribution in [3.8, 4) is 0 Å². The van der Waals surface area contributed by atoms with Crippen LogP contribution < -0.4 is 16.0 Å². The van der Waals surface area contributed by atoms with E-state index in [1.165, 1.54) is 5.56 Å². The second kappa shape index (κ2) is 13.3. The van der Waals surface area contributed by atoms with Crippen molar-refractivity contribution >= 4 is 39.3 Å². The van der Waals surface area contributed by atoms with E-state index in [2.05, 4.69) is 53.5 Å². The van der Waals surface area contributed by atoms with Gasteiger partial charge in [-0.3, -0.25) is 14.4 Å². The summed E-state index contributed by atoms with van der Waals surface area (Å²) < 4.78 is 1.07. The van der Waals surface area contributed by atoms with Crippen LogP contribution in [-0.4, -0.2) is 66.9 Å². The molecule has 2 aromatic rings. The number of rotatable bonds is 13. The fourth-order valence-electron chi connectivity index (χ4n) is 3.53. The predicted octanol–water partition coefficient (Wildman–Crippen LogP) is 2.99. The van der Waals surface area contributed by atoms with Gasteiger partial charge in [0.2, 0.25) is 17.7 Å². The Morgan fingerprint density at radius 3 is 2.49 bits per heavy atom. The number of amides is 3. The molecule has 0 spiro atoms. The van der Waals surface area contributed by atoms with Gasteiger partial charge >= 0.3 is 0 Å². The molecule has 0 aliphatic rings. The molecule has 0 radical (unpaired) electrons. The van der Waals surface area contributed by atoms with Crippen LogP contribution >= 0.6 is 11.3 Å². The summed E-state index contributed by atoms with van der Waals surface area (Å²) >= 11 is 1.54. The molecule has 0 aliphatic carbocycles. The van der Waals surface area contributed by atoms with Crippen molar-refractivity contribution in [1.82, 2.24) is 25.8 Å². The Morgan fingerprint density at radius 2 is 1.86 bits per heavy atom. The molecule has 2 rings (SSSR count). The van der Waals surface area contributed by atoms with E-state index in [9.17, 15) is 14.4 Å². The average Bonchev–Trinajstić information content (AvgIpc) is 3.18. The molecule has 0 unspecified atom stereocenters. The highest BCUT2D eigenvalue weighted by molar-refractivity contribution is 7.18. The Morgan fingerprint density at radius 1 is 1.14 bits per heavy atom. The highest BCUT2D eigenvalue weighted by Gasteiger charge is 2.24. The number of thiazole rings is 1. The van der Waals surface area contributed by atoms with Gasteiger partial charge in [-0.2, -0.15) is 0 Å². The average molecular weight is 502 g/mol. The van der Waals surface area contributed by atoms with Crippen molar-refractivity contribution in [3.05, 3.63) is 40.9 Å². The molecule has 2 atom stereocenters. The van der Waals surface area contributed by atoms with Crippen molar-refractivity contribution < 1.29 is 14.4 Å². The first-order chi connectivity index (χ1) is 16.5. The van der Waals surface area contributed by atoms with Crippen molar-refractivity contribution in [3.63, 3.8) is 0 Å². The minimum atomic E-state index is -0.749. The van der Waals surface area contributed by atoms with Gasteiger partial charge in [0.25, 0.3) is 0 Å². The van der Waals surface area contributed by atoms with Crippen molar-refractivity contribution in [2.75, 3.05) is 27.2 Å². The van der Waals surface area contributed by atoms with Gasteiger partial charge in [-0.05, 0) is 51.1 Å². The first kappa shape index (κ1) is 28.5. The fraction of sp³-hybridized carbons (Fsp3) is 0.538.